The van der Waals surface area contributed by atoms with Gasteiger partial charge in [0.15, 0.2) is 0 Å². The van der Waals surface area contributed by atoms with E-state index in [1.54, 1.807) is 0 Å². The Labute approximate surface area is 84.3 Å². The Morgan fingerprint density at radius 1 is 1.29 bits per heavy atom. The third kappa shape index (κ3) is 1.79. The predicted molar refractivity (Wildman–Crippen MR) is 56.0 cm³/mol. The summed E-state index contributed by atoms with van der Waals surface area (Å²) >= 11 is 0. The molecule has 2 heteroatoms. The van der Waals surface area contributed by atoms with Crippen LogP contribution in [0.4, 0.5) is 0 Å². The van der Waals surface area contributed by atoms with Gasteiger partial charge in [0.25, 0.3) is 0 Å². The zero-order valence-corrected chi connectivity index (χ0v) is 8.36. The Kier molecular flexibility index (Phi) is 2.53. The average molecular weight is 189 g/mol. The maximum absolute atomic E-state index is 11.3. The van der Waals surface area contributed by atoms with Crippen molar-refractivity contribution in [2.24, 2.45) is 5.92 Å². The maximum Gasteiger partial charge on any atom is 0.220 e. The minimum absolute atomic E-state index is 0.178. The molecule has 1 fully saturated rings. The average Bonchev–Trinajstić information content (AvgIpc) is 2.23. The lowest BCUT2D eigenvalue weighted by molar-refractivity contribution is -0.123. The molecule has 0 aliphatic carbocycles. The molecule has 1 heterocycles. The second-order valence-electron chi connectivity index (χ2n) is 4.00. The van der Waals surface area contributed by atoms with Crippen molar-refractivity contribution in [3.63, 3.8) is 0 Å². The smallest absolute Gasteiger partial charge is 0.220 e. The highest BCUT2D eigenvalue weighted by atomic mass is 16.1. The van der Waals surface area contributed by atoms with Crippen LogP contribution in [0.25, 0.3) is 0 Å². The second-order valence-corrected chi connectivity index (χ2v) is 4.00. The van der Waals surface area contributed by atoms with Gasteiger partial charge in [-0.05, 0) is 17.4 Å². The monoisotopic (exact) mass is 189 g/mol. The SMILES string of the molecule is CC1CNC(=O)CC1c1ccccc1. The van der Waals surface area contributed by atoms with Gasteiger partial charge in [0, 0.05) is 13.0 Å². The summed E-state index contributed by atoms with van der Waals surface area (Å²) in [5.74, 6) is 1.11. The summed E-state index contributed by atoms with van der Waals surface area (Å²) in [7, 11) is 0. The van der Waals surface area contributed by atoms with Crippen LogP contribution < -0.4 is 5.32 Å². The van der Waals surface area contributed by atoms with Crippen LogP contribution in [-0.4, -0.2) is 12.5 Å². The minimum Gasteiger partial charge on any atom is -0.356 e. The molecule has 1 aliphatic rings. The molecule has 1 amide bonds. The first-order chi connectivity index (χ1) is 6.77. The highest BCUT2D eigenvalue weighted by Gasteiger charge is 2.26. The first-order valence-electron chi connectivity index (χ1n) is 5.09. The van der Waals surface area contributed by atoms with E-state index in [1.807, 2.05) is 18.2 Å². The highest BCUT2D eigenvalue weighted by Crippen LogP contribution is 2.29. The molecule has 0 saturated carbocycles. The fraction of sp³-hybridized carbons (Fsp3) is 0.417. The van der Waals surface area contributed by atoms with Crippen LogP contribution in [0.3, 0.4) is 0 Å². The first kappa shape index (κ1) is 9.25. The van der Waals surface area contributed by atoms with Gasteiger partial charge in [0.05, 0.1) is 0 Å². The number of amides is 1. The fourth-order valence-electron chi connectivity index (χ4n) is 2.04. The van der Waals surface area contributed by atoms with Crippen molar-refractivity contribution in [2.75, 3.05) is 6.54 Å². The van der Waals surface area contributed by atoms with Crippen LogP contribution in [0.15, 0.2) is 30.3 Å². The van der Waals surface area contributed by atoms with Gasteiger partial charge in [0.2, 0.25) is 5.91 Å². The summed E-state index contributed by atoms with van der Waals surface area (Å²) in [6, 6.07) is 10.3. The number of hydrogen-bond acceptors (Lipinski definition) is 1. The Bertz CT molecular complexity index is 320. The lowest BCUT2D eigenvalue weighted by Crippen LogP contribution is -2.38. The fourth-order valence-corrected chi connectivity index (χ4v) is 2.04. The molecular weight excluding hydrogens is 174 g/mol. The zero-order chi connectivity index (χ0) is 9.97. The molecule has 0 aromatic heterocycles. The summed E-state index contributed by atoms with van der Waals surface area (Å²) in [5, 5.41) is 2.89. The third-order valence-corrected chi connectivity index (χ3v) is 2.94. The van der Waals surface area contributed by atoms with Crippen molar-refractivity contribution < 1.29 is 4.79 Å². The molecule has 1 aliphatic heterocycles. The van der Waals surface area contributed by atoms with Crippen LogP contribution in [-0.2, 0) is 4.79 Å². The summed E-state index contributed by atoms with van der Waals surface area (Å²) in [6.07, 6.45) is 0.630. The first-order valence-corrected chi connectivity index (χ1v) is 5.09. The number of carbonyl (C=O) groups is 1. The zero-order valence-electron chi connectivity index (χ0n) is 8.36. The van der Waals surface area contributed by atoms with Gasteiger partial charge in [0.1, 0.15) is 0 Å². The number of piperidine rings is 1. The second kappa shape index (κ2) is 3.82. The lowest BCUT2D eigenvalue weighted by Gasteiger charge is -2.29. The van der Waals surface area contributed by atoms with E-state index in [2.05, 4.69) is 24.4 Å². The Hall–Kier alpha value is -1.31. The molecule has 1 aromatic carbocycles. The van der Waals surface area contributed by atoms with E-state index in [9.17, 15) is 4.79 Å². The van der Waals surface area contributed by atoms with Crippen LogP contribution in [0.1, 0.15) is 24.8 Å². The van der Waals surface area contributed by atoms with Gasteiger partial charge < -0.3 is 5.32 Å². The van der Waals surface area contributed by atoms with Crippen molar-refractivity contribution in [3.05, 3.63) is 35.9 Å². The van der Waals surface area contributed by atoms with Gasteiger partial charge in [-0.1, -0.05) is 37.3 Å². The molecule has 14 heavy (non-hydrogen) atoms. The maximum atomic E-state index is 11.3. The van der Waals surface area contributed by atoms with Gasteiger partial charge in [-0.25, -0.2) is 0 Å². The minimum atomic E-state index is 0.178. The normalized spacial score (nSPS) is 27.1. The van der Waals surface area contributed by atoms with E-state index in [-0.39, 0.29) is 5.91 Å². The number of carbonyl (C=O) groups excluding carboxylic acids is 1. The van der Waals surface area contributed by atoms with Crippen LogP contribution in [0.5, 0.6) is 0 Å². The molecule has 0 spiro atoms. The van der Waals surface area contributed by atoms with Gasteiger partial charge in [-0.3, -0.25) is 4.79 Å². The van der Waals surface area contributed by atoms with E-state index >= 15 is 0 Å². The molecule has 2 unspecified atom stereocenters. The Balaban J connectivity index is 2.20. The molecular formula is C12H15NO. The van der Waals surface area contributed by atoms with E-state index in [0.717, 1.165) is 6.54 Å². The largest absolute Gasteiger partial charge is 0.356 e. The molecule has 1 aromatic rings. The molecule has 0 bridgehead atoms. The van der Waals surface area contributed by atoms with Crippen molar-refractivity contribution >= 4 is 5.91 Å². The summed E-state index contributed by atoms with van der Waals surface area (Å²) in [4.78, 5) is 11.3. The van der Waals surface area contributed by atoms with Gasteiger partial charge in [-0.15, -0.1) is 0 Å². The molecule has 2 rings (SSSR count). The molecule has 74 valence electrons. The summed E-state index contributed by atoms with van der Waals surface area (Å²) in [5.41, 5.74) is 1.29. The number of rotatable bonds is 1. The molecule has 2 atom stereocenters. The molecule has 1 saturated heterocycles. The van der Waals surface area contributed by atoms with E-state index in [4.69, 9.17) is 0 Å². The summed E-state index contributed by atoms with van der Waals surface area (Å²) < 4.78 is 0. The Morgan fingerprint density at radius 2 is 2.00 bits per heavy atom. The lowest BCUT2D eigenvalue weighted by atomic mass is 9.82. The molecule has 1 N–H and O–H groups in total. The highest BCUT2D eigenvalue weighted by molar-refractivity contribution is 5.77. The quantitative estimate of drug-likeness (QED) is 0.718. The third-order valence-electron chi connectivity index (χ3n) is 2.94. The summed E-state index contributed by atoms with van der Waals surface area (Å²) in [6.45, 7) is 3.00. The van der Waals surface area contributed by atoms with Crippen molar-refractivity contribution in [2.45, 2.75) is 19.3 Å². The van der Waals surface area contributed by atoms with Crippen LogP contribution >= 0.6 is 0 Å². The molecule has 0 radical (unpaired) electrons. The van der Waals surface area contributed by atoms with Crippen LogP contribution in [0, 0.1) is 5.92 Å². The number of benzene rings is 1. The van der Waals surface area contributed by atoms with Gasteiger partial charge in [-0.2, -0.15) is 0 Å². The van der Waals surface area contributed by atoms with Crippen molar-refractivity contribution in [3.8, 4) is 0 Å². The number of nitrogens with one attached hydrogen (secondary N) is 1. The predicted octanol–water partition coefficient (Wildman–Crippen LogP) is 1.93. The van der Waals surface area contributed by atoms with E-state index < -0.39 is 0 Å². The molecule has 2 nitrogen and oxygen atoms in total. The van der Waals surface area contributed by atoms with Gasteiger partial charge >= 0.3 is 0 Å². The Morgan fingerprint density at radius 3 is 2.71 bits per heavy atom. The van der Waals surface area contributed by atoms with Crippen LogP contribution in [0.2, 0.25) is 0 Å². The number of hydrogen-bond donors (Lipinski definition) is 1. The van der Waals surface area contributed by atoms with E-state index in [1.165, 1.54) is 5.56 Å². The van der Waals surface area contributed by atoms with E-state index in [0.29, 0.717) is 18.3 Å². The standard InChI is InChI=1S/C12H15NO/c1-9-8-13-12(14)7-11(9)10-5-3-2-4-6-10/h2-6,9,11H,7-8H2,1H3,(H,13,14). The van der Waals surface area contributed by atoms with Crippen molar-refractivity contribution in [1.29, 1.82) is 0 Å². The van der Waals surface area contributed by atoms with Crippen molar-refractivity contribution in [1.82, 2.24) is 5.32 Å². The topological polar surface area (TPSA) is 29.1 Å².